The van der Waals surface area contributed by atoms with Crippen molar-refractivity contribution in [2.75, 3.05) is 26.2 Å². The van der Waals surface area contributed by atoms with Gasteiger partial charge in [-0.15, -0.1) is 0 Å². The number of nitrogens with one attached hydrogen (secondary N) is 1. The number of hydrogen-bond acceptors (Lipinski definition) is 8. The summed E-state index contributed by atoms with van der Waals surface area (Å²) >= 11 is 0. The van der Waals surface area contributed by atoms with Gasteiger partial charge in [0.25, 0.3) is 10.0 Å². The van der Waals surface area contributed by atoms with Crippen molar-refractivity contribution in [3.05, 3.63) is 30.0 Å². The largest absolute Gasteiger partial charge is 0.481 e. The maximum absolute atomic E-state index is 13.0. The van der Waals surface area contributed by atoms with Crippen LogP contribution in [0.4, 0.5) is 23.9 Å². The highest BCUT2D eigenvalue weighted by molar-refractivity contribution is 7.90. The molecule has 0 aliphatic carbocycles. The van der Waals surface area contributed by atoms with Crippen molar-refractivity contribution in [2.45, 2.75) is 11.2 Å². The van der Waals surface area contributed by atoms with Crippen LogP contribution in [0.3, 0.4) is 0 Å². The zero-order valence-electron chi connectivity index (χ0n) is 14.7. The second kappa shape index (κ2) is 7.84. The Bertz CT molecular complexity index is 961. The molecule has 0 bridgehead atoms. The number of amides is 2. The minimum Gasteiger partial charge on any atom is -0.481 e. The molecule has 0 unspecified atom stereocenters. The molecule has 0 saturated carbocycles. The number of halogens is 3. The van der Waals surface area contributed by atoms with Gasteiger partial charge >= 0.3 is 12.2 Å². The molecule has 0 spiro atoms. The van der Waals surface area contributed by atoms with Gasteiger partial charge in [0.2, 0.25) is 17.7 Å². The van der Waals surface area contributed by atoms with Crippen molar-refractivity contribution in [1.29, 1.82) is 0 Å². The number of alkyl halides is 3. The molecule has 2 heterocycles. The van der Waals surface area contributed by atoms with Gasteiger partial charge < -0.3 is 9.47 Å². The Hall–Kier alpha value is -3.16. The van der Waals surface area contributed by atoms with Crippen molar-refractivity contribution in [3.8, 4) is 11.8 Å². The lowest BCUT2D eigenvalue weighted by Gasteiger charge is -2.18. The lowest BCUT2D eigenvalue weighted by Crippen LogP contribution is -2.42. The van der Waals surface area contributed by atoms with Crippen molar-refractivity contribution in [3.63, 3.8) is 0 Å². The van der Waals surface area contributed by atoms with Crippen LogP contribution in [0, 0.1) is 0 Å². The molecule has 0 atom stereocenters. The number of aromatic nitrogens is 3. The summed E-state index contributed by atoms with van der Waals surface area (Å²) in [4.78, 5) is 23.8. The number of anilines is 1. The van der Waals surface area contributed by atoms with Crippen LogP contribution in [0.25, 0.3) is 0 Å². The molecule has 2 aromatic heterocycles. The summed E-state index contributed by atoms with van der Waals surface area (Å²) < 4.78 is 75.0. The summed E-state index contributed by atoms with van der Waals surface area (Å²) in [6.45, 7) is 0. The van der Waals surface area contributed by atoms with E-state index in [1.165, 1.54) is 25.0 Å². The molecule has 0 saturated heterocycles. The predicted molar refractivity (Wildman–Crippen MR) is 88.5 cm³/mol. The molecular weight excluding hydrogens is 407 g/mol. The average Bonchev–Trinajstić information content (AvgIpc) is 2.65. The van der Waals surface area contributed by atoms with Crippen LogP contribution < -0.4 is 19.1 Å². The molecule has 0 fully saturated rings. The Morgan fingerprint density at radius 3 is 2.25 bits per heavy atom. The average molecular weight is 421 g/mol. The van der Waals surface area contributed by atoms with Gasteiger partial charge in [-0.3, -0.25) is 4.90 Å². The van der Waals surface area contributed by atoms with E-state index in [0.717, 1.165) is 19.3 Å². The molecule has 2 amide bonds. The fourth-order valence-corrected chi connectivity index (χ4v) is 3.03. The van der Waals surface area contributed by atoms with Crippen molar-refractivity contribution >= 4 is 22.0 Å². The number of carbonyl (C=O) groups excluding carboxylic acids is 1. The maximum atomic E-state index is 13.0. The standard InChI is InChI=1S/C14H14F3N5O5S/c1-22(12-19-9(26-2)7-10(20-12)27-3)13(23)21-28(24,25)11-8(14(15,16)17)5-4-6-18-11/h4-7H,1-3H3,(H,21,23). The van der Waals surface area contributed by atoms with E-state index in [9.17, 15) is 26.4 Å². The number of ether oxygens (including phenoxy) is 2. The Balaban J connectivity index is 2.35. The first-order valence-electron chi connectivity index (χ1n) is 7.29. The number of nitrogens with zero attached hydrogens (tertiary/aromatic N) is 4. The van der Waals surface area contributed by atoms with Crippen LogP contribution in [0.5, 0.6) is 11.8 Å². The van der Waals surface area contributed by atoms with Gasteiger partial charge in [-0.05, 0) is 12.1 Å². The van der Waals surface area contributed by atoms with Crippen LogP contribution in [0.1, 0.15) is 5.56 Å². The highest BCUT2D eigenvalue weighted by Crippen LogP contribution is 2.32. The van der Waals surface area contributed by atoms with E-state index >= 15 is 0 Å². The number of rotatable bonds is 5. The minimum absolute atomic E-state index is 0.00782. The molecule has 0 aromatic carbocycles. The minimum atomic E-state index is -4.99. The number of urea groups is 1. The van der Waals surface area contributed by atoms with Gasteiger partial charge in [-0.2, -0.15) is 31.6 Å². The van der Waals surface area contributed by atoms with E-state index in [1.54, 1.807) is 0 Å². The maximum Gasteiger partial charge on any atom is 0.419 e. The number of pyridine rings is 1. The topological polar surface area (TPSA) is 124 Å². The van der Waals surface area contributed by atoms with Gasteiger partial charge in [0.15, 0.2) is 5.03 Å². The predicted octanol–water partition coefficient (Wildman–Crippen LogP) is 1.44. The first kappa shape index (κ1) is 21.1. The summed E-state index contributed by atoms with van der Waals surface area (Å²) in [5.74, 6) is -0.303. The summed E-state index contributed by atoms with van der Waals surface area (Å²) in [5.41, 5.74) is -1.52. The first-order valence-corrected chi connectivity index (χ1v) is 8.77. The molecule has 0 aliphatic heterocycles. The Kier molecular flexibility index (Phi) is 5.92. The Morgan fingerprint density at radius 2 is 1.75 bits per heavy atom. The van der Waals surface area contributed by atoms with Crippen LogP contribution in [-0.2, 0) is 16.2 Å². The Labute approximate surface area is 157 Å². The van der Waals surface area contributed by atoms with Crippen molar-refractivity contribution in [2.24, 2.45) is 0 Å². The molecule has 2 rings (SSSR count). The molecule has 152 valence electrons. The zero-order valence-corrected chi connectivity index (χ0v) is 15.5. The highest BCUT2D eigenvalue weighted by atomic mass is 32.2. The van der Waals surface area contributed by atoms with Crippen LogP contribution >= 0.6 is 0 Å². The van der Waals surface area contributed by atoms with E-state index in [-0.39, 0.29) is 17.7 Å². The normalized spacial score (nSPS) is 11.6. The van der Waals surface area contributed by atoms with Crippen LogP contribution in [0.2, 0.25) is 0 Å². The summed E-state index contributed by atoms with van der Waals surface area (Å²) in [6, 6.07) is 1.43. The van der Waals surface area contributed by atoms with Crippen LogP contribution in [0.15, 0.2) is 29.4 Å². The van der Waals surface area contributed by atoms with E-state index in [1.807, 2.05) is 0 Å². The van der Waals surface area contributed by atoms with Gasteiger partial charge in [0.1, 0.15) is 0 Å². The van der Waals surface area contributed by atoms with E-state index in [4.69, 9.17) is 9.47 Å². The molecular formula is C14H14F3N5O5S. The third-order valence-electron chi connectivity index (χ3n) is 3.24. The second-order valence-electron chi connectivity index (χ2n) is 5.08. The van der Waals surface area contributed by atoms with Gasteiger partial charge in [-0.1, -0.05) is 0 Å². The molecule has 14 heteroatoms. The lowest BCUT2D eigenvalue weighted by molar-refractivity contribution is -0.140. The summed E-state index contributed by atoms with van der Waals surface area (Å²) in [5, 5.41) is -1.34. The smallest absolute Gasteiger partial charge is 0.419 e. The fourth-order valence-electron chi connectivity index (χ4n) is 1.89. The van der Waals surface area contributed by atoms with Gasteiger partial charge in [-0.25, -0.2) is 14.5 Å². The number of methoxy groups -OCH3 is 2. The van der Waals surface area contributed by atoms with E-state index in [2.05, 4.69) is 15.0 Å². The Morgan fingerprint density at radius 1 is 1.18 bits per heavy atom. The molecule has 0 radical (unpaired) electrons. The monoisotopic (exact) mass is 421 g/mol. The van der Waals surface area contributed by atoms with E-state index < -0.39 is 32.8 Å². The van der Waals surface area contributed by atoms with Crippen molar-refractivity contribution < 1.29 is 35.9 Å². The molecule has 10 nitrogen and oxygen atoms in total. The third kappa shape index (κ3) is 4.57. The van der Waals surface area contributed by atoms with Crippen molar-refractivity contribution in [1.82, 2.24) is 19.7 Å². The summed E-state index contributed by atoms with van der Waals surface area (Å²) in [6.07, 6.45) is -4.13. The van der Waals surface area contributed by atoms with Crippen LogP contribution in [-0.4, -0.2) is 50.7 Å². The number of carbonyl (C=O) groups is 1. The first-order chi connectivity index (χ1) is 13.0. The summed E-state index contributed by atoms with van der Waals surface area (Å²) in [7, 11) is -1.27. The van der Waals surface area contributed by atoms with Gasteiger partial charge in [0, 0.05) is 13.2 Å². The highest BCUT2D eigenvalue weighted by Gasteiger charge is 2.39. The zero-order chi connectivity index (χ0) is 21.1. The SMILES string of the molecule is COc1cc(OC)nc(N(C)C(=O)NS(=O)(=O)c2ncccc2C(F)(F)F)n1. The number of hydrogen-bond donors (Lipinski definition) is 1. The molecule has 28 heavy (non-hydrogen) atoms. The lowest BCUT2D eigenvalue weighted by atomic mass is 10.3. The van der Waals surface area contributed by atoms with Gasteiger partial charge in [0.05, 0.1) is 25.8 Å². The second-order valence-corrected chi connectivity index (χ2v) is 6.67. The molecule has 2 aromatic rings. The van der Waals surface area contributed by atoms with E-state index in [0.29, 0.717) is 11.0 Å². The fraction of sp³-hybridized carbons (Fsp3) is 0.286. The third-order valence-corrected chi connectivity index (χ3v) is 4.52. The quantitative estimate of drug-likeness (QED) is 0.769. The molecule has 1 N–H and O–H groups in total. The number of sulfonamides is 1. The molecule has 0 aliphatic rings.